The number of esters is 1. The molecule has 0 aromatic heterocycles. The lowest BCUT2D eigenvalue weighted by Gasteiger charge is -2.14. The smallest absolute Gasteiger partial charge is 0.395 e. The van der Waals surface area contributed by atoms with Gasteiger partial charge in [0.05, 0.1) is 0 Å². The van der Waals surface area contributed by atoms with Gasteiger partial charge in [-0.15, -0.1) is 0 Å². The van der Waals surface area contributed by atoms with Crippen LogP contribution in [0.3, 0.4) is 0 Å². The predicted molar refractivity (Wildman–Crippen MR) is 32.0 cm³/mol. The lowest BCUT2D eigenvalue weighted by atomic mass is 10.1. The van der Waals surface area contributed by atoms with E-state index in [1.807, 2.05) is 0 Å². The minimum absolute atomic E-state index is 0.309. The van der Waals surface area contributed by atoms with Crippen molar-refractivity contribution in [2.45, 2.75) is 19.5 Å². The number of carbonyl (C=O) groups excluding carboxylic acids is 2. The fourth-order valence-corrected chi connectivity index (χ4v) is 0.661. The first-order valence-corrected chi connectivity index (χ1v) is 3.14. The maximum atomic E-state index is 11.9. The minimum Gasteiger partial charge on any atom is -0.395 e. The van der Waals surface area contributed by atoms with Crippen LogP contribution in [0.15, 0.2) is 0 Å². The van der Waals surface area contributed by atoms with Gasteiger partial charge < -0.3 is 4.74 Å². The molecule has 0 saturated heterocycles. The van der Waals surface area contributed by atoms with Crippen molar-refractivity contribution in [3.63, 3.8) is 0 Å². The molecular weight excluding hydrogens is 177 g/mol. The highest BCUT2D eigenvalue weighted by Gasteiger charge is 2.44. The topological polar surface area (TPSA) is 43.4 Å². The first-order valence-electron chi connectivity index (χ1n) is 3.14. The molecule has 0 rings (SSSR count). The van der Waals surface area contributed by atoms with Crippen molar-refractivity contribution in [1.82, 2.24) is 0 Å². The average Bonchev–Trinajstić information content (AvgIpc) is 1.85. The zero-order valence-electron chi connectivity index (χ0n) is 6.22. The molecule has 1 atom stereocenters. The number of rotatable bonds is 3. The van der Waals surface area contributed by atoms with E-state index in [1.54, 1.807) is 0 Å². The summed E-state index contributed by atoms with van der Waals surface area (Å²) in [6.45, 7) is 0.876. The van der Waals surface area contributed by atoms with Gasteiger partial charge in [0.1, 0.15) is 0 Å². The first kappa shape index (κ1) is 10.9. The molecule has 0 aliphatic heterocycles. The van der Waals surface area contributed by atoms with E-state index in [9.17, 15) is 22.8 Å². The van der Waals surface area contributed by atoms with Crippen LogP contribution in [0.2, 0.25) is 0 Å². The molecule has 0 aromatic carbocycles. The molecule has 0 amide bonds. The van der Waals surface area contributed by atoms with Crippen molar-refractivity contribution in [1.29, 1.82) is 0 Å². The molecule has 3 nitrogen and oxygen atoms in total. The van der Waals surface area contributed by atoms with Gasteiger partial charge in [0.15, 0.2) is 5.92 Å². The van der Waals surface area contributed by atoms with E-state index < -0.39 is 24.5 Å². The minimum atomic E-state index is -4.64. The molecule has 0 fully saturated rings. The van der Waals surface area contributed by atoms with Crippen molar-refractivity contribution < 1.29 is 27.5 Å². The molecule has 0 aromatic rings. The van der Waals surface area contributed by atoms with Crippen molar-refractivity contribution in [2.24, 2.45) is 5.92 Å². The third-order valence-electron chi connectivity index (χ3n) is 1.25. The first-order chi connectivity index (χ1) is 5.43. The van der Waals surface area contributed by atoms with Crippen LogP contribution in [-0.4, -0.2) is 18.6 Å². The number of ether oxygens (including phenoxy) is 1. The van der Waals surface area contributed by atoms with Crippen molar-refractivity contribution in [3.05, 3.63) is 0 Å². The molecule has 1 unspecified atom stereocenters. The van der Waals surface area contributed by atoms with Gasteiger partial charge in [-0.05, 0) is 6.42 Å². The van der Waals surface area contributed by atoms with Gasteiger partial charge >= 0.3 is 18.6 Å². The van der Waals surface area contributed by atoms with Crippen LogP contribution >= 0.6 is 0 Å². The molecule has 0 N–H and O–H groups in total. The molecule has 0 radical (unpaired) electrons. The Hall–Kier alpha value is -1.07. The average molecular weight is 184 g/mol. The molecule has 0 aliphatic carbocycles. The number of carbonyl (C=O) groups is 2. The number of alkyl halides is 3. The van der Waals surface area contributed by atoms with Crippen LogP contribution in [-0.2, 0) is 14.3 Å². The molecule has 6 heteroatoms. The highest BCUT2D eigenvalue weighted by atomic mass is 19.4. The van der Waals surface area contributed by atoms with Crippen LogP contribution in [0, 0.1) is 5.92 Å². The summed E-state index contributed by atoms with van der Waals surface area (Å²) < 4.78 is 39.2. The van der Waals surface area contributed by atoms with Gasteiger partial charge in [-0.1, -0.05) is 6.92 Å². The Morgan fingerprint density at radius 2 is 2.08 bits per heavy atom. The quantitative estimate of drug-likeness (QED) is 0.377. The van der Waals surface area contributed by atoms with Crippen LogP contribution in [0.5, 0.6) is 0 Å². The molecule has 0 spiro atoms. The van der Waals surface area contributed by atoms with Crippen LogP contribution in [0.4, 0.5) is 13.2 Å². The lowest BCUT2D eigenvalue weighted by molar-refractivity contribution is -0.196. The summed E-state index contributed by atoms with van der Waals surface area (Å²) in [6.07, 6.45) is -5.08. The van der Waals surface area contributed by atoms with E-state index in [0.29, 0.717) is 0 Å². The van der Waals surface area contributed by atoms with Crippen molar-refractivity contribution in [2.75, 3.05) is 0 Å². The molecule has 0 aliphatic rings. The van der Waals surface area contributed by atoms with Gasteiger partial charge in [-0.3, -0.25) is 9.59 Å². The fraction of sp³-hybridized carbons (Fsp3) is 0.667. The highest BCUT2D eigenvalue weighted by molar-refractivity contribution is 5.79. The molecular formula is C6H7F3O3. The third-order valence-corrected chi connectivity index (χ3v) is 1.25. The monoisotopic (exact) mass is 184 g/mol. The molecule has 0 bridgehead atoms. The Bertz CT molecular complexity index is 175. The number of hydrogen-bond acceptors (Lipinski definition) is 3. The SMILES string of the molecule is CCC(C(=O)OC=O)C(F)(F)F. The second kappa shape index (κ2) is 4.08. The van der Waals surface area contributed by atoms with E-state index in [2.05, 4.69) is 4.74 Å². The van der Waals surface area contributed by atoms with Gasteiger partial charge in [0, 0.05) is 0 Å². The Kier molecular flexibility index (Phi) is 3.72. The molecule has 0 heterocycles. The third kappa shape index (κ3) is 2.89. The molecule has 12 heavy (non-hydrogen) atoms. The van der Waals surface area contributed by atoms with E-state index in [0.717, 1.165) is 0 Å². The summed E-state index contributed by atoms with van der Waals surface area (Å²) in [4.78, 5) is 20.0. The zero-order valence-corrected chi connectivity index (χ0v) is 6.22. The highest BCUT2D eigenvalue weighted by Crippen LogP contribution is 2.29. The van der Waals surface area contributed by atoms with Crippen molar-refractivity contribution >= 4 is 12.4 Å². The Morgan fingerprint density at radius 3 is 2.33 bits per heavy atom. The van der Waals surface area contributed by atoms with E-state index >= 15 is 0 Å². The van der Waals surface area contributed by atoms with Gasteiger partial charge in [-0.25, -0.2) is 0 Å². The summed E-state index contributed by atoms with van der Waals surface area (Å²) in [5.41, 5.74) is 0. The second-order valence-electron chi connectivity index (χ2n) is 2.04. The summed E-state index contributed by atoms with van der Waals surface area (Å²) in [5.74, 6) is -3.76. The normalized spacial score (nSPS) is 13.7. The predicted octanol–water partition coefficient (Wildman–Crippen LogP) is 1.27. The Morgan fingerprint density at radius 1 is 1.58 bits per heavy atom. The number of hydrogen-bond donors (Lipinski definition) is 0. The Balaban J connectivity index is 4.34. The zero-order chi connectivity index (χ0) is 9.78. The van der Waals surface area contributed by atoms with Crippen molar-refractivity contribution in [3.8, 4) is 0 Å². The summed E-state index contributed by atoms with van der Waals surface area (Å²) >= 11 is 0. The maximum absolute atomic E-state index is 11.9. The standard InChI is InChI=1S/C6H7F3O3/c1-2-4(6(7,8)9)5(11)12-3-10/h3-4H,2H2,1H3. The second-order valence-corrected chi connectivity index (χ2v) is 2.04. The van der Waals surface area contributed by atoms with Crippen LogP contribution in [0.25, 0.3) is 0 Å². The summed E-state index contributed by atoms with van der Waals surface area (Å²) in [6, 6.07) is 0. The van der Waals surface area contributed by atoms with Crippen LogP contribution in [0.1, 0.15) is 13.3 Å². The fourth-order valence-electron chi connectivity index (χ4n) is 0.661. The van der Waals surface area contributed by atoms with Gasteiger partial charge in [-0.2, -0.15) is 13.2 Å². The van der Waals surface area contributed by atoms with E-state index in [1.165, 1.54) is 6.92 Å². The molecule has 70 valence electrons. The number of halogens is 3. The van der Waals surface area contributed by atoms with Crippen LogP contribution < -0.4 is 0 Å². The maximum Gasteiger partial charge on any atom is 0.402 e. The van der Waals surface area contributed by atoms with E-state index in [-0.39, 0.29) is 6.47 Å². The lowest BCUT2D eigenvalue weighted by Crippen LogP contribution is -2.31. The summed E-state index contributed by atoms with van der Waals surface area (Å²) in [7, 11) is 0. The largest absolute Gasteiger partial charge is 0.402 e. The van der Waals surface area contributed by atoms with Gasteiger partial charge in [0.25, 0.3) is 0 Å². The van der Waals surface area contributed by atoms with Gasteiger partial charge in [0.2, 0.25) is 0 Å². The Labute approximate surface area is 66.5 Å². The summed E-state index contributed by atoms with van der Waals surface area (Å²) in [5, 5.41) is 0. The molecule has 0 saturated carbocycles. The van der Waals surface area contributed by atoms with E-state index in [4.69, 9.17) is 0 Å².